The van der Waals surface area contributed by atoms with Gasteiger partial charge in [0.25, 0.3) is 0 Å². The van der Waals surface area contributed by atoms with E-state index in [0.717, 1.165) is 22.5 Å². The highest BCUT2D eigenvalue weighted by molar-refractivity contribution is 7.90. The van der Waals surface area contributed by atoms with Gasteiger partial charge in [-0.2, -0.15) is 0 Å². The first kappa shape index (κ1) is 17.2. The van der Waals surface area contributed by atoms with Crippen LogP contribution in [0.2, 0.25) is 0 Å². The summed E-state index contributed by atoms with van der Waals surface area (Å²) >= 11 is 0. The number of aromatic nitrogens is 2. The lowest BCUT2D eigenvalue weighted by atomic mass is 9.99. The maximum atomic E-state index is 12.1. The van der Waals surface area contributed by atoms with E-state index in [9.17, 15) is 13.2 Å². The maximum absolute atomic E-state index is 12.1. The summed E-state index contributed by atoms with van der Waals surface area (Å²) in [5.41, 5.74) is 3.38. The van der Waals surface area contributed by atoms with Gasteiger partial charge in [-0.1, -0.05) is 30.3 Å². The number of sulfonamides is 1. The lowest BCUT2D eigenvalue weighted by molar-refractivity contribution is -0.120. The van der Waals surface area contributed by atoms with Gasteiger partial charge in [-0.25, -0.2) is 13.4 Å². The molecular weight excluding hydrogens is 338 g/mol. The van der Waals surface area contributed by atoms with Crippen LogP contribution in [0.4, 0.5) is 0 Å². The predicted octanol–water partition coefficient (Wildman–Crippen LogP) is 2.57. The van der Waals surface area contributed by atoms with Gasteiger partial charge in [0.1, 0.15) is 5.65 Å². The molecule has 0 spiro atoms. The summed E-state index contributed by atoms with van der Waals surface area (Å²) in [7, 11) is -3.55. The Balaban J connectivity index is 1.81. The van der Waals surface area contributed by atoms with Crippen LogP contribution in [0.3, 0.4) is 0 Å². The van der Waals surface area contributed by atoms with Crippen molar-refractivity contribution in [3.05, 3.63) is 60.4 Å². The van der Waals surface area contributed by atoms with Crippen molar-refractivity contribution in [1.82, 2.24) is 14.1 Å². The van der Waals surface area contributed by atoms with Crippen molar-refractivity contribution in [3.8, 4) is 11.3 Å². The van der Waals surface area contributed by atoms with E-state index in [1.165, 1.54) is 6.92 Å². The maximum Gasteiger partial charge on any atom is 0.240 e. The summed E-state index contributed by atoms with van der Waals surface area (Å²) < 4.78 is 27.1. The lowest BCUT2D eigenvalue weighted by Gasteiger charge is -2.12. The Kier molecular flexibility index (Phi) is 4.59. The van der Waals surface area contributed by atoms with Crippen molar-refractivity contribution in [2.45, 2.75) is 19.8 Å². The number of pyridine rings is 1. The third kappa shape index (κ3) is 3.71. The Hall–Kier alpha value is -2.67. The average molecular weight is 357 g/mol. The molecular formula is C18H19N3O3S. The Bertz CT molecular complexity index is 974. The van der Waals surface area contributed by atoms with E-state index in [1.807, 2.05) is 59.3 Å². The highest BCUT2D eigenvalue weighted by Gasteiger charge is 2.20. The molecule has 0 radical (unpaired) electrons. The molecule has 1 N–H and O–H groups in total. The van der Waals surface area contributed by atoms with Gasteiger partial charge < -0.3 is 4.40 Å². The van der Waals surface area contributed by atoms with Crippen LogP contribution in [0, 0.1) is 0 Å². The number of hydrogen-bond acceptors (Lipinski definition) is 4. The van der Waals surface area contributed by atoms with E-state index in [4.69, 9.17) is 0 Å². The molecule has 0 saturated heterocycles. The zero-order chi connectivity index (χ0) is 18.0. The summed E-state index contributed by atoms with van der Waals surface area (Å²) in [5, 5.41) is 0. The molecule has 0 bridgehead atoms. The van der Waals surface area contributed by atoms with Gasteiger partial charge in [-0.3, -0.25) is 9.52 Å². The van der Waals surface area contributed by atoms with E-state index in [1.54, 1.807) is 6.92 Å². The van der Waals surface area contributed by atoms with Gasteiger partial charge >= 0.3 is 0 Å². The first-order valence-corrected chi connectivity index (χ1v) is 9.63. The second-order valence-corrected chi connectivity index (χ2v) is 7.82. The van der Waals surface area contributed by atoms with Crippen molar-refractivity contribution in [3.63, 3.8) is 0 Å². The summed E-state index contributed by atoms with van der Waals surface area (Å²) in [6.07, 6.45) is 3.87. The van der Waals surface area contributed by atoms with Crippen LogP contribution in [0.25, 0.3) is 16.9 Å². The zero-order valence-electron chi connectivity index (χ0n) is 14.0. The molecule has 6 nitrogen and oxygen atoms in total. The van der Waals surface area contributed by atoms with Crippen molar-refractivity contribution in [2.75, 3.05) is 5.75 Å². The fraction of sp³-hybridized carbons (Fsp3) is 0.222. The number of imidazole rings is 1. The SMILES string of the molecule is CCS(=O)(=O)NC(=O)C(C)c1ccc(-c2cn3ccccc3n2)cc1. The molecule has 2 aromatic heterocycles. The summed E-state index contributed by atoms with van der Waals surface area (Å²) in [6.45, 7) is 3.17. The molecule has 25 heavy (non-hydrogen) atoms. The van der Waals surface area contributed by atoms with Crippen LogP contribution in [0.1, 0.15) is 25.3 Å². The zero-order valence-corrected chi connectivity index (χ0v) is 14.8. The Labute approximate surface area is 146 Å². The van der Waals surface area contributed by atoms with Crippen molar-refractivity contribution in [1.29, 1.82) is 0 Å². The molecule has 3 aromatic rings. The molecule has 1 atom stereocenters. The monoisotopic (exact) mass is 357 g/mol. The minimum Gasteiger partial charge on any atom is -0.306 e. The molecule has 0 aliphatic heterocycles. The van der Waals surface area contributed by atoms with Crippen molar-refractivity contribution < 1.29 is 13.2 Å². The number of fused-ring (bicyclic) bond motifs is 1. The van der Waals surface area contributed by atoms with E-state index >= 15 is 0 Å². The number of benzene rings is 1. The number of nitrogens with zero attached hydrogens (tertiary/aromatic N) is 2. The average Bonchev–Trinajstić information content (AvgIpc) is 3.05. The summed E-state index contributed by atoms with van der Waals surface area (Å²) in [5.74, 6) is -1.21. The molecule has 1 aromatic carbocycles. The Morgan fingerprint density at radius 3 is 2.56 bits per heavy atom. The van der Waals surface area contributed by atoms with Crippen LogP contribution in [-0.4, -0.2) is 29.5 Å². The van der Waals surface area contributed by atoms with Crippen LogP contribution in [0.5, 0.6) is 0 Å². The van der Waals surface area contributed by atoms with E-state index in [0.29, 0.717) is 0 Å². The van der Waals surface area contributed by atoms with Crippen molar-refractivity contribution >= 4 is 21.6 Å². The fourth-order valence-electron chi connectivity index (χ4n) is 2.48. The second kappa shape index (κ2) is 6.68. The highest BCUT2D eigenvalue weighted by Crippen LogP contribution is 2.23. The predicted molar refractivity (Wildman–Crippen MR) is 96.6 cm³/mol. The van der Waals surface area contributed by atoms with E-state index < -0.39 is 21.8 Å². The number of amides is 1. The standard InChI is InChI=1S/C18H19N3O3S/c1-3-25(23,24)20-18(22)13(2)14-7-9-15(10-8-14)16-12-21-11-5-4-6-17(21)19-16/h4-13H,3H2,1-2H3,(H,20,22). The quantitative estimate of drug-likeness (QED) is 0.761. The number of nitrogens with one attached hydrogen (secondary N) is 1. The number of hydrogen-bond donors (Lipinski definition) is 1. The van der Waals surface area contributed by atoms with Crippen LogP contribution in [-0.2, 0) is 14.8 Å². The van der Waals surface area contributed by atoms with Gasteiger partial charge in [0.15, 0.2) is 0 Å². The van der Waals surface area contributed by atoms with Gasteiger partial charge in [-0.05, 0) is 31.5 Å². The Morgan fingerprint density at radius 1 is 1.20 bits per heavy atom. The third-order valence-electron chi connectivity index (χ3n) is 4.10. The van der Waals surface area contributed by atoms with Crippen LogP contribution >= 0.6 is 0 Å². The molecule has 0 aliphatic carbocycles. The minimum atomic E-state index is -3.55. The van der Waals surface area contributed by atoms with Gasteiger partial charge in [0, 0.05) is 18.0 Å². The van der Waals surface area contributed by atoms with Crippen molar-refractivity contribution in [2.24, 2.45) is 0 Å². The highest BCUT2D eigenvalue weighted by atomic mass is 32.2. The number of rotatable bonds is 5. The number of carbonyl (C=O) groups excluding carboxylic acids is 1. The molecule has 1 unspecified atom stereocenters. The van der Waals surface area contributed by atoms with Crippen LogP contribution in [0.15, 0.2) is 54.9 Å². The fourth-order valence-corrected chi connectivity index (χ4v) is 3.11. The number of carbonyl (C=O) groups is 1. The molecule has 1 amide bonds. The van der Waals surface area contributed by atoms with E-state index in [-0.39, 0.29) is 5.75 Å². The Morgan fingerprint density at radius 2 is 1.92 bits per heavy atom. The molecule has 0 aliphatic rings. The lowest BCUT2D eigenvalue weighted by Crippen LogP contribution is -2.34. The van der Waals surface area contributed by atoms with Gasteiger partial charge in [-0.15, -0.1) is 0 Å². The molecule has 130 valence electrons. The van der Waals surface area contributed by atoms with Crippen LogP contribution < -0.4 is 4.72 Å². The molecule has 2 heterocycles. The normalized spacial score (nSPS) is 12.9. The molecule has 0 fully saturated rings. The smallest absolute Gasteiger partial charge is 0.240 e. The molecule has 3 rings (SSSR count). The van der Waals surface area contributed by atoms with Gasteiger partial charge in [0.05, 0.1) is 17.4 Å². The first-order valence-electron chi connectivity index (χ1n) is 7.98. The van der Waals surface area contributed by atoms with E-state index in [2.05, 4.69) is 9.71 Å². The minimum absolute atomic E-state index is 0.127. The topological polar surface area (TPSA) is 80.5 Å². The summed E-state index contributed by atoms with van der Waals surface area (Å²) in [6, 6.07) is 13.2. The van der Waals surface area contributed by atoms with Gasteiger partial charge in [0.2, 0.25) is 15.9 Å². The summed E-state index contributed by atoms with van der Waals surface area (Å²) in [4.78, 5) is 16.6. The second-order valence-electron chi connectivity index (χ2n) is 5.81. The first-order chi connectivity index (χ1) is 11.9. The largest absolute Gasteiger partial charge is 0.306 e. The third-order valence-corrected chi connectivity index (χ3v) is 5.37. The molecule has 7 heteroatoms. The molecule has 0 saturated carbocycles.